The maximum Gasteiger partial charge on any atom is 0.0991 e. The Morgan fingerprint density at radius 2 is 1.68 bits per heavy atom. The summed E-state index contributed by atoms with van der Waals surface area (Å²) in [6, 6.07) is 17.5. The second-order valence-corrected chi connectivity index (χ2v) is 4.36. The summed E-state index contributed by atoms with van der Waals surface area (Å²) in [5, 5.41) is 13.1. The molecule has 0 fully saturated rings. The Labute approximate surface area is 113 Å². The van der Waals surface area contributed by atoms with Crippen molar-refractivity contribution >= 4 is 11.4 Å². The molecule has 3 heteroatoms. The van der Waals surface area contributed by atoms with Crippen LogP contribution in [0.25, 0.3) is 0 Å². The summed E-state index contributed by atoms with van der Waals surface area (Å²) in [4.78, 5) is 0. The van der Waals surface area contributed by atoms with Crippen LogP contribution in [0.3, 0.4) is 0 Å². The molecule has 3 nitrogen and oxygen atoms in total. The summed E-state index contributed by atoms with van der Waals surface area (Å²) < 4.78 is 0. The first-order valence-electron chi connectivity index (χ1n) is 6.06. The second-order valence-electron chi connectivity index (χ2n) is 4.36. The predicted octanol–water partition coefficient (Wildman–Crippen LogP) is 3.70. The zero-order valence-corrected chi connectivity index (χ0v) is 11.0. The van der Waals surface area contributed by atoms with Gasteiger partial charge in [0.2, 0.25) is 0 Å². The van der Waals surface area contributed by atoms with Gasteiger partial charge in [-0.2, -0.15) is 10.4 Å². The van der Waals surface area contributed by atoms with Crippen LogP contribution < -0.4 is 5.43 Å². The highest BCUT2D eigenvalue weighted by Gasteiger charge is 1.98. The summed E-state index contributed by atoms with van der Waals surface area (Å²) in [7, 11) is 0. The highest BCUT2D eigenvalue weighted by molar-refractivity contribution is 5.99. The van der Waals surface area contributed by atoms with Crippen molar-refractivity contribution < 1.29 is 0 Å². The van der Waals surface area contributed by atoms with E-state index in [1.807, 2.05) is 43.3 Å². The maximum atomic E-state index is 8.75. The number of benzene rings is 2. The van der Waals surface area contributed by atoms with E-state index in [1.54, 1.807) is 12.1 Å². The zero-order valence-electron chi connectivity index (χ0n) is 11.0. The van der Waals surface area contributed by atoms with Crippen molar-refractivity contribution in [2.75, 3.05) is 5.43 Å². The summed E-state index contributed by atoms with van der Waals surface area (Å²) in [5.74, 6) is 0. The SMILES string of the molecule is C/C(=N\Nc1ccc(C)cc1)c1ccc(C#N)cc1. The second kappa shape index (κ2) is 5.83. The molecule has 0 heterocycles. The molecule has 2 rings (SSSR count). The van der Waals surface area contributed by atoms with Crippen LogP contribution in [0.15, 0.2) is 53.6 Å². The zero-order chi connectivity index (χ0) is 13.7. The molecule has 2 aromatic carbocycles. The number of aryl methyl sites for hydroxylation is 1. The molecule has 0 saturated heterocycles. The van der Waals surface area contributed by atoms with E-state index in [4.69, 9.17) is 5.26 Å². The van der Waals surface area contributed by atoms with Crippen LogP contribution in [0, 0.1) is 18.3 Å². The number of nitrogens with zero attached hydrogens (tertiary/aromatic N) is 2. The molecule has 0 aliphatic heterocycles. The molecule has 1 N–H and O–H groups in total. The minimum Gasteiger partial charge on any atom is -0.278 e. The molecule has 0 bridgehead atoms. The third-order valence-electron chi connectivity index (χ3n) is 2.84. The standard InChI is InChI=1S/C16H15N3/c1-12-3-9-16(10-4-12)19-18-13(2)15-7-5-14(11-17)6-8-15/h3-10,19H,1-2H3/b18-13+. The summed E-state index contributed by atoms with van der Waals surface area (Å²) in [6.45, 7) is 3.98. The van der Waals surface area contributed by atoms with Gasteiger partial charge in [0, 0.05) is 0 Å². The number of rotatable bonds is 3. The number of hydrogen-bond acceptors (Lipinski definition) is 3. The Morgan fingerprint density at radius 1 is 1.05 bits per heavy atom. The lowest BCUT2D eigenvalue weighted by Gasteiger charge is -2.04. The van der Waals surface area contributed by atoms with Gasteiger partial charge in [0.25, 0.3) is 0 Å². The van der Waals surface area contributed by atoms with Crippen molar-refractivity contribution in [3.8, 4) is 6.07 Å². The number of hydrazone groups is 1. The predicted molar refractivity (Wildman–Crippen MR) is 78.2 cm³/mol. The molecule has 2 aromatic rings. The molecule has 0 saturated carbocycles. The Bertz CT molecular complexity index is 617. The Hall–Kier alpha value is -2.60. The first-order valence-corrected chi connectivity index (χ1v) is 6.06. The van der Waals surface area contributed by atoms with Gasteiger partial charge in [-0.3, -0.25) is 5.43 Å². The van der Waals surface area contributed by atoms with Gasteiger partial charge in [0.05, 0.1) is 23.0 Å². The van der Waals surface area contributed by atoms with E-state index in [2.05, 4.69) is 23.5 Å². The lowest BCUT2D eigenvalue weighted by molar-refractivity contribution is 1.31. The highest BCUT2D eigenvalue weighted by Crippen LogP contribution is 2.10. The van der Waals surface area contributed by atoms with Crippen LogP contribution in [0.1, 0.15) is 23.6 Å². The molecule has 0 radical (unpaired) electrons. The fourth-order valence-corrected chi connectivity index (χ4v) is 1.63. The van der Waals surface area contributed by atoms with Gasteiger partial charge in [-0.1, -0.05) is 29.8 Å². The van der Waals surface area contributed by atoms with Crippen LogP contribution in [-0.2, 0) is 0 Å². The third kappa shape index (κ3) is 3.43. The molecule has 0 unspecified atom stereocenters. The Morgan fingerprint density at radius 3 is 2.26 bits per heavy atom. The van der Waals surface area contributed by atoms with Crippen molar-refractivity contribution in [1.82, 2.24) is 0 Å². The largest absolute Gasteiger partial charge is 0.278 e. The molecule has 19 heavy (non-hydrogen) atoms. The van der Waals surface area contributed by atoms with Crippen LogP contribution in [0.4, 0.5) is 5.69 Å². The minimum atomic E-state index is 0.656. The maximum absolute atomic E-state index is 8.75. The van der Waals surface area contributed by atoms with E-state index >= 15 is 0 Å². The quantitative estimate of drug-likeness (QED) is 0.666. The van der Waals surface area contributed by atoms with Gasteiger partial charge < -0.3 is 0 Å². The number of anilines is 1. The van der Waals surface area contributed by atoms with Gasteiger partial charge >= 0.3 is 0 Å². The smallest absolute Gasteiger partial charge is 0.0991 e. The van der Waals surface area contributed by atoms with E-state index in [-0.39, 0.29) is 0 Å². The van der Waals surface area contributed by atoms with E-state index in [1.165, 1.54) is 5.56 Å². The third-order valence-corrected chi connectivity index (χ3v) is 2.84. The lowest BCUT2D eigenvalue weighted by Crippen LogP contribution is -1.99. The van der Waals surface area contributed by atoms with Crippen molar-refractivity contribution in [3.05, 3.63) is 65.2 Å². The average molecular weight is 249 g/mol. The minimum absolute atomic E-state index is 0.656. The Kier molecular flexibility index (Phi) is 3.94. The molecule has 0 amide bonds. The molecular weight excluding hydrogens is 234 g/mol. The van der Waals surface area contributed by atoms with Crippen molar-refractivity contribution in [3.63, 3.8) is 0 Å². The van der Waals surface area contributed by atoms with Crippen LogP contribution >= 0.6 is 0 Å². The normalized spacial score (nSPS) is 10.9. The van der Waals surface area contributed by atoms with Crippen LogP contribution in [0.5, 0.6) is 0 Å². The van der Waals surface area contributed by atoms with Gasteiger partial charge in [0.15, 0.2) is 0 Å². The van der Waals surface area contributed by atoms with Gasteiger partial charge in [0.1, 0.15) is 0 Å². The molecule has 0 atom stereocenters. The van der Waals surface area contributed by atoms with Crippen molar-refractivity contribution in [2.24, 2.45) is 5.10 Å². The molecule has 0 aromatic heterocycles. The van der Waals surface area contributed by atoms with Gasteiger partial charge in [-0.05, 0) is 43.7 Å². The summed E-state index contributed by atoms with van der Waals surface area (Å²) in [6.07, 6.45) is 0. The Balaban J connectivity index is 2.10. The fraction of sp³-hybridized carbons (Fsp3) is 0.125. The van der Waals surface area contributed by atoms with Crippen LogP contribution in [0.2, 0.25) is 0 Å². The van der Waals surface area contributed by atoms with Gasteiger partial charge in [-0.15, -0.1) is 0 Å². The number of nitriles is 1. The van der Waals surface area contributed by atoms with Crippen molar-refractivity contribution in [2.45, 2.75) is 13.8 Å². The topological polar surface area (TPSA) is 48.2 Å². The van der Waals surface area contributed by atoms with Crippen molar-refractivity contribution in [1.29, 1.82) is 5.26 Å². The van der Waals surface area contributed by atoms with E-state index < -0.39 is 0 Å². The highest BCUT2D eigenvalue weighted by atomic mass is 15.3. The van der Waals surface area contributed by atoms with Crippen LogP contribution in [-0.4, -0.2) is 5.71 Å². The van der Waals surface area contributed by atoms with Gasteiger partial charge in [-0.25, -0.2) is 0 Å². The number of nitrogens with one attached hydrogen (secondary N) is 1. The summed E-state index contributed by atoms with van der Waals surface area (Å²) in [5.41, 5.74) is 7.73. The monoisotopic (exact) mass is 249 g/mol. The average Bonchev–Trinajstić information content (AvgIpc) is 2.46. The lowest BCUT2D eigenvalue weighted by atomic mass is 10.1. The summed E-state index contributed by atoms with van der Waals surface area (Å²) >= 11 is 0. The first kappa shape index (κ1) is 12.8. The molecule has 0 aliphatic carbocycles. The molecule has 94 valence electrons. The number of hydrogen-bond donors (Lipinski definition) is 1. The van der Waals surface area contributed by atoms with E-state index in [9.17, 15) is 0 Å². The molecule has 0 spiro atoms. The first-order chi connectivity index (χ1) is 9.19. The van der Waals surface area contributed by atoms with E-state index in [0.717, 1.165) is 17.0 Å². The molecule has 0 aliphatic rings. The fourth-order valence-electron chi connectivity index (χ4n) is 1.63. The van der Waals surface area contributed by atoms with E-state index in [0.29, 0.717) is 5.56 Å². The molecular formula is C16H15N3.